The van der Waals surface area contributed by atoms with Crippen molar-refractivity contribution in [2.45, 2.75) is 0 Å². The largest absolute Gasteiger partial charge is 0.508 e. The summed E-state index contributed by atoms with van der Waals surface area (Å²) in [6.07, 6.45) is 0. The Morgan fingerprint density at radius 3 is 2.82 bits per heavy atom. The van der Waals surface area contributed by atoms with Gasteiger partial charge in [0.2, 0.25) is 0 Å². The standard InChI is InChI=1S/C7H4ClNOS/c8-6-3-5(10)1-2-7(6)9-4-11/h1-3,10H. The lowest BCUT2D eigenvalue weighted by Crippen LogP contribution is -1.67. The molecule has 0 atom stereocenters. The molecule has 1 aromatic carbocycles. The number of aliphatic imine (C=N–C) groups is 1. The first-order valence-electron chi connectivity index (χ1n) is 2.80. The van der Waals surface area contributed by atoms with E-state index in [1.54, 1.807) is 6.07 Å². The van der Waals surface area contributed by atoms with Crippen molar-refractivity contribution in [3.8, 4) is 5.75 Å². The van der Waals surface area contributed by atoms with Gasteiger partial charge >= 0.3 is 0 Å². The lowest BCUT2D eigenvalue weighted by Gasteiger charge is -1.95. The predicted octanol–water partition coefficient (Wildman–Crippen LogP) is 2.78. The summed E-state index contributed by atoms with van der Waals surface area (Å²) in [5, 5.41) is 11.5. The van der Waals surface area contributed by atoms with E-state index in [4.69, 9.17) is 16.7 Å². The molecule has 0 amide bonds. The number of aromatic hydroxyl groups is 1. The van der Waals surface area contributed by atoms with E-state index in [1.807, 2.05) is 0 Å². The molecule has 0 aliphatic rings. The minimum atomic E-state index is 0.110. The van der Waals surface area contributed by atoms with E-state index in [0.717, 1.165) is 0 Å². The summed E-state index contributed by atoms with van der Waals surface area (Å²) in [5.74, 6) is 0.110. The first-order valence-corrected chi connectivity index (χ1v) is 3.59. The minimum Gasteiger partial charge on any atom is -0.508 e. The maximum Gasteiger partial charge on any atom is 0.117 e. The Labute approximate surface area is 74.1 Å². The van der Waals surface area contributed by atoms with Crippen LogP contribution in [0, 0.1) is 0 Å². The molecule has 1 rings (SSSR count). The van der Waals surface area contributed by atoms with Crippen molar-refractivity contribution in [2.24, 2.45) is 4.99 Å². The highest BCUT2D eigenvalue weighted by Gasteiger charge is 1.97. The maximum absolute atomic E-state index is 8.93. The van der Waals surface area contributed by atoms with Crippen LogP contribution in [0.2, 0.25) is 5.02 Å². The van der Waals surface area contributed by atoms with Gasteiger partial charge in [0.25, 0.3) is 0 Å². The number of nitrogens with zero attached hydrogens (tertiary/aromatic N) is 1. The Bertz CT molecular complexity index is 320. The number of rotatable bonds is 1. The van der Waals surface area contributed by atoms with E-state index in [9.17, 15) is 0 Å². The van der Waals surface area contributed by atoms with Crippen LogP contribution in [-0.2, 0) is 0 Å². The van der Waals surface area contributed by atoms with Crippen molar-refractivity contribution in [1.82, 2.24) is 0 Å². The SMILES string of the molecule is Oc1ccc(N=C=S)c(Cl)c1. The highest BCUT2D eigenvalue weighted by Crippen LogP contribution is 2.27. The van der Waals surface area contributed by atoms with Crippen LogP contribution in [0.1, 0.15) is 0 Å². The normalized spacial score (nSPS) is 8.82. The van der Waals surface area contributed by atoms with E-state index < -0.39 is 0 Å². The maximum atomic E-state index is 8.93. The average molecular weight is 186 g/mol. The van der Waals surface area contributed by atoms with Gasteiger partial charge in [-0.2, -0.15) is 4.99 Å². The van der Waals surface area contributed by atoms with Crippen molar-refractivity contribution >= 4 is 34.7 Å². The molecule has 0 aliphatic heterocycles. The van der Waals surface area contributed by atoms with E-state index in [0.29, 0.717) is 10.7 Å². The molecular weight excluding hydrogens is 182 g/mol. The van der Waals surface area contributed by atoms with Gasteiger partial charge in [0.1, 0.15) is 5.75 Å². The highest BCUT2D eigenvalue weighted by atomic mass is 35.5. The number of phenols is 1. The summed E-state index contributed by atoms with van der Waals surface area (Å²) in [4.78, 5) is 3.67. The molecule has 0 bridgehead atoms. The number of hydrogen-bond acceptors (Lipinski definition) is 3. The molecular formula is C7H4ClNOS. The van der Waals surface area contributed by atoms with Gasteiger partial charge in [-0.3, -0.25) is 0 Å². The zero-order chi connectivity index (χ0) is 8.27. The topological polar surface area (TPSA) is 32.6 Å². The Morgan fingerprint density at radius 1 is 1.55 bits per heavy atom. The number of thiocarbonyl (C=S) groups is 1. The molecule has 0 spiro atoms. The fourth-order valence-corrected chi connectivity index (χ4v) is 0.951. The van der Waals surface area contributed by atoms with Crippen molar-refractivity contribution < 1.29 is 5.11 Å². The van der Waals surface area contributed by atoms with Crippen LogP contribution < -0.4 is 0 Å². The number of phenolic OH excluding ortho intramolecular Hbond substituents is 1. The molecule has 11 heavy (non-hydrogen) atoms. The van der Waals surface area contributed by atoms with Gasteiger partial charge in [0.05, 0.1) is 15.9 Å². The summed E-state index contributed by atoms with van der Waals surface area (Å²) in [7, 11) is 0. The van der Waals surface area contributed by atoms with Gasteiger partial charge in [-0.25, -0.2) is 0 Å². The molecule has 0 aliphatic carbocycles. The van der Waals surface area contributed by atoms with Gasteiger partial charge in [-0.15, -0.1) is 0 Å². The van der Waals surface area contributed by atoms with Crippen molar-refractivity contribution in [2.75, 3.05) is 0 Å². The Hall–Kier alpha value is -0.890. The fourth-order valence-electron chi connectivity index (χ4n) is 0.636. The third-order valence-corrected chi connectivity index (χ3v) is 1.49. The van der Waals surface area contributed by atoms with Crippen LogP contribution in [0.5, 0.6) is 5.75 Å². The fraction of sp³-hybridized carbons (Fsp3) is 0. The third-order valence-electron chi connectivity index (χ3n) is 1.10. The summed E-state index contributed by atoms with van der Waals surface area (Å²) < 4.78 is 0. The van der Waals surface area contributed by atoms with Crippen LogP contribution in [0.4, 0.5) is 5.69 Å². The summed E-state index contributed by atoms with van der Waals surface area (Å²) in [6.45, 7) is 0. The molecule has 0 saturated carbocycles. The van der Waals surface area contributed by atoms with Gasteiger partial charge in [-0.05, 0) is 24.4 Å². The summed E-state index contributed by atoms with van der Waals surface area (Å²) in [6, 6.07) is 4.45. The van der Waals surface area contributed by atoms with Crippen LogP contribution in [0.3, 0.4) is 0 Å². The molecule has 0 unspecified atom stereocenters. The van der Waals surface area contributed by atoms with Crippen LogP contribution >= 0.6 is 23.8 Å². The van der Waals surface area contributed by atoms with Gasteiger partial charge in [-0.1, -0.05) is 11.6 Å². The number of benzene rings is 1. The zero-order valence-corrected chi connectivity index (χ0v) is 6.99. The first-order chi connectivity index (χ1) is 5.24. The molecule has 0 saturated heterocycles. The minimum absolute atomic E-state index is 0.110. The lowest BCUT2D eigenvalue weighted by atomic mass is 10.3. The van der Waals surface area contributed by atoms with E-state index >= 15 is 0 Å². The van der Waals surface area contributed by atoms with Crippen LogP contribution in [0.15, 0.2) is 23.2 Å². The van der Waals surface area contributed by atoms with Crippen LogP contribution in [0.25, 0.3) is 0 Å². The molecule has 2 nitrogen and oxygen atoms in total. The Kier molecular flexibility index (Phi) is 2.60. The molecule has 0 radical (unpaired) electrons. The Balaban J connectivity index is 3.19. The molecule has 56 valence electrons. The Morgan fingerprint density at radius 2 is 2.27 bits per heavy atom. The molecule has 4 heteroatoms. The van der Waals surface area contributed by atoms with Crippen LogP contribution in [-0.4, -0.2) is 10.3 Å². The monoisotopic (exact) mass is 185 g/mol. The number of hydrogen-bond donors (Lipinski definition) is 1. The third kappa shape index (κ3) is 2.02. The molecule has 1 N–H and O–H groups in total. The first kappa shape index (κ1) is 8.21. The molecule has 0 fully saturated rings. The van der Waals surface area contributed by atoms with Crippen molar-refractivity contribution in [1.29, 1.82) is 0 Å². The highest BCUT2D eigenvalue weighted by molar-refractivity contribution is 7.78. The zero-order valence-electron chi connectivity index (χ0n) is 5.41. The second kappa shape index (κ2) is 3.49. The van der Waals surface area contributed by atoms with Gasteiger partial charge in [0, 0.05) is 6.07 Å². The van der Waals surface area contributed by atoms with Crippen molar-refractivity contribution in [3.05, 3.63) is 23.2 Å². The molecule has 1 aromatic rings. The molecule has 0 heterocycles. The molecule has 0 aromatic heterocycles. The van der Waals surface area contributed by atoms with Crippen molar-refractivity contribution in [3.63, 3.8) is 0 Å². The number of isothiocyanates is 1. The summed E-state index contributed by atoms with van der Waals surface area (Å²) in [5.41, 5.74) is 0.513. The van der Waals surface area contributed by atoms with Gasteiger partial charge < -0.3 is 5.11 Å². The lowest BCUT2D eigenvalue weighted by molar-refractivity contribution is 0.475. The van der Waals surface area contributed by atoms with Gasteiger partial charge in [0.15, 0.2) is 0 Å². The average Bonchev–Trinajstić information content (AvgIpc) is 1.95. The van der Waals surface area contributed by atoms with E-state index in [1.165, 1.54) is 12.1 Å². The second-order valence-corrected chi connectivity index (χ2v) is 2.43. The van der Waals surface area contributed by atoms with E-state index in [-0.39, 0.29) is 5.75 Å². The second-order valence-electron chi connectivity index (χ2n) is 1.84. The summed E-state index contributed by atoms with van der Waals surface area (Å²) >= 11 is 10.1. The number of halogens is 1. The predicted molar refractivity (Wildman–Crippen MR) is 47.8 cm³/mol. The smallest absolute Gasteiger partial charge is 0.117 e. The quantitative estimate of drug-likeness (QED) is 0.539. The van der Waals surface area contributed by atoms with E-state index in [2.05, 4.69) is 22.4 Å².